The van der Waals surface area contributed by atoms with E-state index in [1.165, 1.54) is 18.8 Å². The highest BCUT2D eigenvalue weighted by molar-refractivity contribution is 5.93. The van der Waals surface area contributed by atoms with Gasteiger partial charge in [-0.25, -0.2) is 0 Å². The van der Waals surface area contributed by atoms with Crippen LogP contribution >= 0.6 is 0 Å². The van der Waals surface area contributed by atoms with Crippen molar-refractivity contribution in [3.05, 3.63) is 24.0 Å². The quantitative estimate of drug-likeness (QED) is 0.841. The minimum atomic E-state index is -0.118. The van der Waals surface area contributed by atoms with Crippen molar-refractivity contribution >= 4 is 5.91 Å². The lowest BCUT2D eigenvalue weighted by Crippen LogP contribution is -2.46. The third-order valence-corrected chi connectivity index (χ3v) is 4.12. The molecule has 3 heterocycles. The zero-order valence-corrected chi connectivity index (χ0v) is 11.5. The van der Waals surface area contributed by atoms with E-state index >= 15 is 0 Å². The maximum absolute atomic E-state index is 12.0. The molecule has 0 saturated carbocycles. The monoisotopic (exact) mass is 276 g/mol. The van der Waals surface area contributed by atoms with Crippen LogP contribution in [0.5, 0.6) is 0 Å². The number of carbonyl (C=O) groups excluding carboxylic acids is 1. The number of nitrogens with one attached hydrogen (secondary N) is 2. The maximum Gasteiger partial charge on any atom is 0.253 e. The lowest BCUT2D eigenvalue weighted by molar-refractivity contribution is -0.113. The number of nitrogens with zero attached hydrogens (tertiary/aromatic N) is 2. The molecule has 2 fully saturated rings. The molecule has 2 aliphatic rings. The Balaban J connectivity index is 1.52. The van der Waals surface area contributed by atoms with Crippen LogP contribution in [-0.2, 0) is 4.74 Å². The third kappa shape index (κ3) is 2.96. The summed E-state index contributed by atoms with van der Waals surface area (Å²) in [6.45, 7) is 2.52. The summed E-state index contributed by atoms with van der Waals surface area (Å²) in [5.41, 5.74) is 0.541. The average molecular weight is 276 g/mol. The molecule has 0 aromatic carbocycles. The SMILES string of the molecule is O=C(NC[C@@H]1CCC[C@]2(CCNC2)O1)c1ccnnc1. The van der Waals surface area contributed by atoms with Gasteiger partial charge in [-0.05, 0) is 38.3 Å². The van der Waals surface area contributed by atoms with Crippen LogP contribution < -0.4 is 10.6 Å². The fraction of sp³-hybridized carbons (Fsp3) is 0.643. The predicted octanol–water partition coefficient (Wildman–Crippen LogP) is 0.508. The Bertz CT molecular complexity index is 460. The molecule has 1 spiro atoms. The van der Waals surface area contributed by atoms with Crippen LogP contribution in [0.15, 0.2) is 18.5 Å². The maximum atomic E-state index is 12.0. The average Bonchev–Trinajstić information content (AvgIpc) is 2.93. The Morgan fingerprint density at radius 2 is 2.45 bits per heavy atom. The molecule has 0 aliphatic carbocycles. The molecular weight excluding hydrogens is 256 g/mol. The first-order chi connectivity index (χ1) is 9.77. The van der Waals surface area contributed by atoms with Crippen LogP contribution in [-0.4, -0.2) is 47.4 Å². The summed E-state index contributed by atoms with van der Waals surface area (Å²) in [5.74, 6) is -0.118. The van der Waals surface area contributed by atoms with Crippen LogP contribution in [0.4, 0.5) is 0 Å². The molecule has 2 aliphatic heterocycles. The minimum Gasteiger partial charge on any atom is -0.369 e. The van der Waals surface area contributed by atoms with Gasteiger partial charge in [0.1, 0.15) is 0 Å². The topological polar surface area (TPSA) is 76.1 Å². The Kier molecular flexibility index (Phi) is 3.93. The van der Waals surface area contributed by atoms with Crippen molar-refractivity contribution in [2.24, 2.45) is 0 Å². The molecule has 1 aromatic rings. The number of rotatable bonds is 3. The van der Waals surface area contributed by atoms with E-state index in [0.717, 1.165) is 32.4 Å². The largest absolute Gasteiger partial charge is 0.369 e. The first-order valence-electron chi connectivity index (χ1n) is 7.21. The van der Waals surface area contributed by atoms with Crippen LogP contribution in [0.3, 0.4) is 0 Å². The van der Waals surface area contributed by atoms with Gasteiger partial charge in [0.05, 0.1) is 29.7 Å². The van der Waals surface area contributed by atoms with E-state index in [2.05, 4.69) is 20.8 Å². The highest BCUT2D eigenvalue weighted by Gasteiger charge is 2.39. The summed E-state index contributed by atoms with van der Waals surface area (Å²) >= 11 is 0. The van der Waals surface area contributed by atoms with Crippen molar-refractivity contribution in [3.63, 3.8) is 0 Å². The molecule has 2 N–H and O–H groups in total. The molecule has 2 atom stereocenters. The predicted molar refractivity (Wildman–Crippen MR) is 73.3 cm³/mol. The van der Waals surface area contributed by atoms with Crippen LogP contribution in [0.25, 0.3) is 0 Å². The molecule has 6 heteroatoms. The third-order valence-electron chi connectivity index (χ3n) is 4.12. The first kappa shape index (κ1) is 13.5. The van der Waals surface area contributed by atoms with Gasteiger partial charge in [-0.15, -0.1) is 0 Å². The van der Waals surface area contributed by atoms with Crippen LogP contribution in [0.2, 0.25) is 0 Å². The number of aromatic nitrogens is 2. The van der Waals surface area contributed by atoms with Crippen molar-refractivity contribution in [2.75, 3.05) is 19.6 Å². The van der Waals surface area contributed by atoms with Crippen LogP contribution in [0, 0.1) is 0 Å². The lowest BCUT2D eigenvalue weighted by Gasteiger charge is -2.38. The molecule has 20 heavy (non-hydrogen) atoms. The van der Waals surface area contributed by atoms with E-state index in [-0.39, 0.29) is 17.6 Å². The number of carbonyl (C=O) groups is 1. The van der Waals surface area contributed by atoms with Crippen molar-refractivity contribution in [3.8, 4) is 0 Å². The van der Waals surface area contributed by atoms with Gasteiger partial charge in [0.25, 0.3) is 5.91 Å². The summed E-state index contributed by atoms with van der Waals surface area (Å²) < 4.78 is 6.22. The zero-order valence-electron chi connectivity index (χ0n) is 11.5. The molecule has 108 valence electrons. The number of amides is 1. The van der Waals surface area contributed by atoms with E-state index < -0.39 is 0 Å². The van der Waals surface area contributed by atoms with Crippen molar-refractivity contribution in [1.29, 1.82) is 0 Å². The summed E-state index contributed by atoms with van der Waals surface area (Å²) in [6.07, 6.45) is 7.48. The minimum absolute atomic E-state index is 0.00582. The van der Waals surface area contributed by atoms with Crippen LogP contribution in [0.1, 0.15) is 36.0 Å². The molecule has 3 rings (SSSR count). The summed E-state index contributed by atoms with van der Waals surface area (Å²) in [5, 5.41) is 13.7. The van der Waals surface area contributed by atoms with Gasteiger partial charge in [-0.2, -0.15) is 10.2 Å². The summed E-state index contributed by atoms with van der Waals surface area (Å²) in [4.78, 5) is 12.0. The number of hydrogen-bond donors (Lipinski definition) is 2. The number of hydrogen-bond acceptors (Lipinski definition) is 5. The molecule has 1 amide bonds. The van der Waals surface area contributed by atoms with E-state index in [4.69, 9.17) is 4.74 Å². The smallest absolute Gasteiger partial charge is 0.253 e. The highest BCUT2D eigenvalue weighted by Crippen LogP contribution is 2.33. The second-order valence-corrected chi connectivity index (χ2v) is 5.58. The lowest BCUT2D eigenvalue weighted by atomic mass is 9.90. The Morgan fingerprint density at radius 3 is 3.20 bits per heavy atom. The van der Waals surface area contributed by atoms with E-state index in [1.807, 2.05) is 0 Å². The molecule has 2 saturated heterocycles. The molecule has 6 nitrogen and oxygen atoms in total. The van der Waals surface area contributed by atoms with E-state index in [0.29, 0.717) is 12.1 Å². The van der Waals surface area contributed by atoms with Gasteiger partial charge in [0, 0.05) is 13.1 Å². The highest BCUT2D eigenvalue weighted by atomic mass is 16.5. The van der Waals surface area contributed by atoms with E-state index in [9.17, 15) is 4.79 Å². The number of ether oxygens (including phenoxy) is 1. The first-order valence-corrected chi connectivity index (χ1v) is 7.21. The second kappa shape index (κ2) is 5.85. The molecule has 0 unspecified atom stereocenters. The fourth-order valence-corrected chi connectivity index (χ4v) is 3.04. The molecule has 0 bridgehead atoms. The fourth-order valence-electron chi connectivity index (χ4n) is 3.04. The molecule has 1 aromatic heterocycles. The van der Waals surface area contributed by atoms with Crippen molar-refractivity contribution in [2.45, 2.75) is 37.4 Å². The molecule has 0 radical (unpaired) electrons. The zero-order chi connectivity index (χ0) is 13.8. The van der Waals surface area contributed by atoms with Gasteiger partial charge in [-0.3, -0.25) is 4.79 Å². The normalized spacial score (nSPS) is 29.5. The van der Waals surface area contributed by atoms with Gasteiger partial charge in [0.15, 0.2) is 0 Å². The van der Waals surface area contributed by atoms with Crippen molar-refractivity contribution < 1.29 is 9.53 Å². The standard InChI is InChI=1S/C14H20N4O2/c19-13(11-3-6-17-18-8-11)16-9-12-2-1-4-14(20-12)5-7-15-10-14/h3,6,8,12,15H,1-2,4-5,7,9-10H2,(H,16,19)/t12-,14+/m0/s1. The second-order valence-electron chi connectivity index (χ2n) is 5.58. The molecular formula is C14H20N4O2. The summed E-state index contributed by atoms with van der Waals surface area (Å²) in [6, 6.07) is 1.66. The Labute approximate surface area is 118 Å². The van der Waals surface area contributed by atoms with Gasteiger partial charge >= 0.3 is 0 Å². The van der Waals surface area contributed by atoms with Gasteiger partial charge in [0.2, 0.25) is 0 Å². The Morgan fingerprint density at radius 1 is 1.50 bits per heavy atom. The summed E-state index contributed by atoms with van der Waals surface area (Å²) in [7, 11) is 0. The van der Waals surface area contributed by atoms with Crippen molar-refractivity contribution in [1.82, 2.24) is 20.8 Å². The van der Waals surface area contributed by atoms with Gasteiger partial charge in [-0.1, -0.05) is 0 Å². The van der Waals surface area contributed by atoms with E-state index in [1.54, 1.807) is 6.07 Å². The van der Waals surface area contributed by atoms with Gasteiger partial charge < -0.3 is 15.4 Å². The Hall–Kier alpha value is -1.53.